The van der Waals surface area contributed by atoms with Crippen molar-refractivity contribution in [2.24, 2.45) is 0 Å². The minimum absolute atomic E-state index is 0.646. The summed E-state index contributed by atoms with van der Waals surface area (Å²) in [6.45, 7) is 0. The summed E-state index contributed by atoms with van der Waals surface area (Å²) in [4.78, 5) is 0. The van der Waals surface area contributed by atoms with Crippen LogP contribution in [0.5, 0.6) is 0 Å². The zero-order chi connectivity index (χ0) is 15.0. The van der Waals surface area contributed by atoms with Crippen molar-refractivity contribution in [1.82, 2.24) is 0 Å². The van der Waals surface area contributed by atoms with Crippen LogP contribution < -0.4 is 11.5 Å². The van der Waals surface area contributed by atoms with Crippen molar-refractivity contribution in [3.63, 3.8) is 0 Å². The highest BCUT2D eigenvalue weighted by atomic mass is 36.1. The first-order valence-corrected chi connectivity index (χ1v) is 12.6. The van der Waals surface area contributed by atoms with Crippen LogP contribution in [0.2, 0.25) is 0 Å². The van der Waals surface area contributed by atoms with Crippen LogP contribution in [-0.4, -0.2) is 0 Å². The Labute approximate surface area is 133 Å². The Hall–Kier alpha value is 1.02. The molecule has 1 aromatic carbocycles. The second-order valence-corrected chi connectivity index (χ2v) is 15.7. The van der Waals surface area contributed by atoms with Gasteiger partial charge in [0.1, 0.15) is 0 Å². The maximum absolute atomic E-state index is 9.51. The second kappa shape index (κ2) is 9.85. The van der Waals surface area contributed by atoms with E-state index >= 15 is 0 Å². The van der Waals surface area contributed by atoms with Gasteiger partial charge in [-0.05, 0) is 79.6 Å². The van der Waals surface area contributed by atoms with Gasteiger partial charge in [0.2, 0.25) is 0 Å². The van der Waals surface area contributed by atoms with Crippen LogP contribution >= 0.6 is 77.8 Å². The van der Waals surface area contributed by atoms with Crippen molar-refractivity contribution in [2.45, 2.75) is 0 Å². The SMILES string of the molecule is Nc1ccccc1N.O=P(Cl)(Cl)Cl.O=P(Cl)(Cl)Cl. The highest BCUT2D eigenvalue weighted by Crippen LogP contribution is 2.61. The van der Waals surface area contributed by atoms with Crippen LogP contribution in [-0.2, 0) is 9.13 Å². The van der Waals surface area contributed by atoms with Crippen LogP contribution in [0.25, 0.3) is 0 Å². The summed E-state index contributed by atoms with van der Waals surface area (Å²) in [5.74, 6) is 0. The number of rotatable bonds is 0. The van der Waals surface area contributed by atoms with E-state index in [0.29, 0.717) is 11.4 Å². The Morgan fingerprint density at radius 3 is 1.00 bits per heavy atom. The van der Waals surface area contributed by atoms with E-state index in [1.54, 1.807) is 12.1 Å². The number of benzene rings is 1. The molecule has 1 rings (SSSR count). The molecule has 0 aliphatic heterocycles. The minimum atomic E-state index is -3.22. The third-order valence-electron chi connectivity index (χ3n) is 0.996. The third-order valence-corrected chi connectivity index (χ3v) is 0.996. The average molecular weight is 415 g/mol. The molecular formula is C6H8Cl6N2O2P2. The van der Waals surface area contributed by atoms with E-state index < -0.39 is 10.4 Å². The van der Waals surface area contributed by atoms with Crippen molar-refractivity contribution >= 4 is 89.2 Å². The van der Waals surface area contributed by atoms with Gasteiger partial charge >= 0.3 is 10.4 Å². The van der Waals surface area contributed by atoms with E-state index in [2.05, 4.69) is 67.4 Å². The summed E-state index contributed by atoms with van der Waals surface area (Å²) in [5.41, 5.74) is 12.1. The van der Waals surface area contributed by atoms with Crippen molar-refractivity contribution in [1.29, 1.82) is 0 Å². The fraction of sp³-hybridized carbons (Fsp3) is 0. The number of halogens is 6. The van der Waals surface area contributed by atoms with E-state index in [1.807, 2.05) is 12.1 Å². The quantitative estimate of drug-likeness (QED) is 0.376. The molecule has 0 atom stereocenters. The first-order chi connectivity index (χ1) is 7.80. The lowest BCUT2D eigenvalue weighted by atomic mass is 10.3. The lowest BCUT2D eigenvalue weighted by Crippen LogP contribution is -1.91. The molecule has 0 amide bonds. The molecule has 0 aromatic heterocycles. The van der Waals surface area contributed by atoms with Crippen LogP contribution in [0.4, 0.5) is 11.4 Å². The lowest BCUT2D eigenvalue weighted by Gasteiger charge is -1.94. The Morgan fingerprint density at radius 1 is 0.722 bits per heavy atom. The number of para-hydroxylation sites is 2. The van der Waals surface area contributed by atoms with Crippen molar-refractivity contribution in [3.8, 4) is 0 Å². The number of hydrogen-bond donors (Lipinski definition) is 2. The first-order valence-electron chi connectivity index (χ1n) is 3.78. The second-order valence-electron chi connectivity index (χ2n) is 2.43. The van der Waals surface area contributed by atoms with E-state index in [9.17, 15) is 9.13 Å². The topological polar surface area (TPSA) is 86.2 Å². The van der Waals surface area contributed by atoms with Crippen LogP contribution in [0.15, 0.2) is 24.3 Å². The number of nitrogen functional groups attached to an aromatic ring is 2. The van der Waals surface area contributed by atoms with Crippen molar-refractivity contribution in [3.05, 3.63) is 24.3 Å². The number of hydrogen-bond acceptors (Lipinski definition) is 4. The van der Waals surface area contributed by atoms with Gasteiger partial charge in [0.05, 0.1) is 11.4 Å². The monoisotopic (exact) mass is 412 g/mol. The van der Waals surface area contributed by atoms with Gasteiger partial charge in [-0.1, -0.05) is 12.1 Å². The molecule has 0 heterocycles. The summed E-state index contributed by atoms with van der Waals surface area (Å²) in [7, 11) is 0. The largest absolute Gasteiger partial charge is 0.397 e. The van der Waals surface area contributed by atoms with Gasteiger partial charge in [0.15, 0.2) is 0 Å². The molecule has 4 N–H and O–H groups in total. The molecule has 0 aliphatic carbocycles. The van der Waals surface area contributed by atoms with Crippen molar-refractivity contribution in [2.75, 3.05) is 11.5 Å². The number of anilines is 2. The van der Waals surface area contributed by atoms with Crippen LogP contribution in [0.1, 0.15) is 0 Å². The zero-order valence-electron chi connectivity index (χ0n) is 8.44. The van der Waals surface area contributed by atoms with Gasteiger partial charge in [0, 0.05) is 0 Å². The number of nitrogens with two attached hydrogens (primary N) is 2. The third kappa shape index (κ3) is 30.2. The summed E-state index contributed by atoms with van der Waals surface area (Å²) in [6.07, 6.45) is 0. The molecule has 0 fully saturated rings. The van der Waals surface area contributed by atoms with Gasteiger partial charge in [-0.15, -0.1) is 0 Å². The van der Waals surface area contributed by atoms with Crippen LogP contribution in [0.3, 0.4) is 0 Å². The Balaban J connectivity index is 0. The van der Waals surface area contributed by atoms with E-state index in [-0.39, 0.29) is 0 Å². The van der Waals surface area contributed by atoms with Gasteiger partial charge in [-0.25, -0.2) is 0 Å². The lowest BCUT2D eigenvalue weighted by molar-refractivity contribution is 0.599. The standard InChI is InChI=1S/C6H8N2.2Cl3OP/c7-5-3-1-2-4-6(5)8;2*1-5(2,3)4/h1-4H,7-8H2;;. The normalized spacial score (nSPS) is 10.6. The van der Waals surface area contributed by atoms with Gasteiger partial charge < -0.3 is 11.5 Å². The fourth-order valence-electron chi connectivity index (χ4n) is 0.511. The van der Waals surface area contributed by atoms with Crippen LogP contribution in [0, 0.1) is 0 Å². The summed E-state index contributed by atoms with van der Waals surface area (Å²) in [6, 6.07) is 7.25. The molecule has 4 nitrogen and oxygen atoms in total. The molecule has 0 spiro atoms. The molecule has 0 saturated carbocycles. The minimum Gasteiger partial charge on any atom is -0.397 e. The van der Waals surface area contributed by atoms with Crippen molar-refractivity contribution < 1.29 is 9.13 Å². The molecule has 0 aliphatic rings. The maximum atomic E-state index is 9.51. The molecule has 0 saturated heterocycles. The summed E-state index contributed by atoms with van der Waals surface area (Å²) in [5, 5.41) is -6.44. The molecule has 18 heavy (non-hydrogen) atoms. The summed E-state index contributed by atoms with van der Waals surface area (Å²) >= 11 is 27.7. The Morgan fingerprint density at radius 2 is 0.889 bits per heavy atom. The average Bonchev–Trinajstić information content (AvgIpc) is 2.04. The Kier molecular flexibility index (Phi) is 11.7. The van der Waals surface area contributed by atoms with E-state index in [4.69, 9.17) is 11.5 Å². The fourth-order valence-corrected chi connectivity index (χ4v) is 0.511. The Bertz CT molecular complexity index is 390. The molecule has 106 valence electrons. The van der Waals surface area contributed by atoms with Gasteiger partial charge in [-0.3, -0.25) is 9.13 Å². The highest BCUT2D eigenvalue weighted by molar-refractivity contribution is 8.25. The predicted molar refractivity (Wildman–Crippen MR) is 85.6 cm³/mol. The van der Waals surface area contributed by atoms with E-state index in [0.717, 1.165) is 0 Å². The molecule has 12 heteroatoms. The molecule has 0 radical (unpaired) electrons. The highest BCUT2D eigenvalue weighted by Gasteiger charge is 2.03. The molecular weight excluding hydrogens is 407 g/mol. The maximum Gasteiger partial charge on any atom is 0.339 e. The van der Waals surface area contributed by atoms with Gasteiger partial charge in [0.25, 0.3) is 0 Å². The van der Waals surface area contributed by atoms with E-state index in [1.165, 1.54) is 0 Å². The first kappa shape index (κ1) is 21.3. The molecule has 0 unspecified atom stereocenters. The smallest absolute Gasteiger partial charge is 0.339 e. The molecule has 1 aromatic rings. The zero-order valence-corrected chi connectivity index (χ0v) is 14.8. The van der Waals surface area contributed by atoms with Gasteiger partial charge in [-0.2, -0.15) is 0 Å². The summed E-state index contributed by atoms with van der Waals surface area (Å²) < 4.78 is 19.0. The predicted octanol–water partition coefficient (Wildman–Crippen LogP) is 6.47. The molecule has 0 bridgehead atoms.